The van der Waals surface area contributed by atoms with E-state index in [1.54, 1.807) is 14.1 Å². The monoisotopic (exact) mass is 276 g/mol. The summed E-state index contributed by atoms with van der Waals surface area (Å²) in [7, 11) is 3.18. The van der Waals surface area contributed by atoms with Crippen LogP contribution in [-0.4, -0.2) is 47.8 Å². The van der Waals surface area contributed by atoms with Crippen molar-refractivity contribution in [3.05, 3.63) is 17.8 Å². The topological polar surface area (TPSA) is 58.1 Å². The molecule has 0 radical (unpaired) electrons. The first-order valence-electron chi connectivity index (χ1n) is 5.65. The summed E-state index contributed by atoms with van der Waals surface area (Å²) >= 11 is 0. The van der Waals surface area contributed by atoms with Crippen LogP contribution in [0.3, 0.4) is 0 Å². The molecule has 1 heterocycles. The maximum Gasteiger partial charge on any atom is 0.389 e. The minimum Gasteiger partial charge on any atom is -0.369 e. The van der Waals surface area contributed by atoms with Crippen LogP contribution < -0.4 is 5.32 Å². The Morgan fingerprint density at radius 3 is 2.47 bits per heavy atom. The Labute approximate surface area is 108 Å². The zero-order chi connectivity index (χ0) is 14.5. The normalized spacial score (nSPS) is 11.2. The zero-order valence-electron chi connectivity index (χ0n) is 10.7. The highest BCUT2D eigenvalue weighted by Crippen LogP contribution is 2.21. The molecule has 106 valence electrons. The number of carbonyl (C=O) groups is 1. The number of aromatic nitrogens is 2. The van der Waals surface area contributed by atoms with Crippen molar-refractivity contribution in [1.29, 1.82) is 0 Å². The molecule has 0 aliphatic rings. The van der Waals surface area contributed by atoms with Crippen molar-refractivity contribution in [1.82, 2.24) is 15.1 Å². The molecule has 0 bridgehead atoms. The van der Waals surface area contributed by atoms with E-state index in [1.807, 2.05) is 0 Å². The van der Waals surface area contributed by atoms with E-state index in [9.17, 15) is 18.0 Å². The highest BCUT2D eigenvalue weighted by molar-refractivity contribution is 5.91. The number of halogens is 3. The average molecular weight is 276 g/mol. The van der Waals surface area contributed by atoms with E-state index >= 15 is 0 Å². The fourth-order valence-corrected chi connectivity index (χ4v) is 1.28. The predicted octanol–water partition coefficient (Wildman–Crippen LogP) is 1.93. The second-order valence-electron chi connectivity index (χ2n) is 4.15. The third-order valence-corrected chi connectivity index (χ3v) is 2.23. The molecule has 1 N–H and O–H groups in total. The van der Waals surface area contributed by atoms with E-state index in [1.165, 1.54) is 17.0 Å². The van der Waals surface area contributed by atoms with Crippen molar-refractivity contribution in [3.63, 3.8) is 0 Å². The van der Waals surface area contributed by atoms with Gasteiger partial charge < -0.3 is 10.2 Å². The Morgan fingerprint density at radius 1 is 1.32 bits per heavy atom. The van der Waals surface area contributed by atoms with Crippen molar-refractivity contribution in [2.45, 2.75) is 19.0 Å². The molecule has 0 unspecified atom stereocenters. The fraction of sp³-hybridized carbons (Fsp3) is 0.545. The molecule has 0 spiro atoms. The maximum atomic E-state index is 11.9. The van der Waals surface area contributed by atoms with Crippen LogP contribution in [0.1, 0.15) is 23.3 Å². The number of rotatable bonds is 5. The summed E-state index contributed by atoms with van der Waals surface area (Å²) in [5.41, 5.74) is 0.186. The Bertz CT molecular complexity index is 417. The second kappa shape index (κ2) is 6.35. The van der Waals surface area contributed by atoms with Gasteiger partial charge in [-0.25, -0.2) is 0 Å². The van der Waals surface area contributed by atoms with Crippen LogP contribution in [0.25, 0.3) is 0 Å². The summed E-state index contributed by atoms with van der Waals surface area (Å²) < 4.78 is 35.7. The molecular weight excluding hydrogens is 261 g/mol. The molecule has 0 aromatic carbocycles. The predicted molar refractivity (Wildman–Crippen MR) is 63.8 cm³/mol. The third kappa shape index (κ3) is 5.54. The Balaban J connectivity index is 2.43. The van der Waals surface area contributed by atoms with Gasteiger partial charge in [0.1, 0.15) is 5.82 Å². The first-order valence-corrected chi connectivity index (χ1v) is 5.65. The van der Waals surface area contributed by atoms with Crippen LogP contribution >= 0.6 is 0 Å². The van der Waals surface area contributed by atoms with Crippen LogP contribution in [0.2, 0.25) is 0 Å². The van der Waals surface area contributed by atoms with Gasteiger partial charge in [-0.05, 0) is 18.6 Å². The summed E-state index contributed by atoms with van der Waals surface area (Å²) in [6.07, 6.45) is -5.02. The van der Waals surface area contributed by atoms with Gasteiger partial charge in [0, 0.05) is 27.1 Å². The van der Waals surface area contributed by atoms with E-state index in [-0.39, 0.29) is 24.6 Å². The van der Waals surface area contributed by atoms with Crippen molar-refractivity contribution < 1.29 is 18.0 Å². The van der Waals surface area contributed by atoms with Crippen LogP contribution in [0.4, 0.5) is 19.0 Å². The van der Waals surface area contributed by atoms with Crippen LogP contribution in [-0.2, 0) is 0 Å². The van der Waals surface area contributed by atoms with Crippen molar-refractivity contribution in [2.24, 2.45) is 0 Å². The number of hydrogen-bond donors (Lipinski definition) is 1. The highest BCUT2D eigenvalue weighted by atomic mass is 19.4. The first-order chi connectivity index (χ1) is 8.79. The molecular formula is C11H15F3N4O. The number of amides is 1. The molecule has 0 atom stereocenters. The standard InChI is InChI=1S/C11H15F3N4O/c1-18(2)10(19)8-4-5-9(17-16-8)15-7-3-6-11(12,13)14/h4-5H,3,6-7H2,1-2H3,(H,15,17). The number of nitrogens with one attached hydrogen (secondary N) is 1. The summed E-state index contributed by atoms with van der Waals surface area (Å²) in [5, 5.41) is 10.1. The maximum absolute atomic E-state index is 11.9. The molecule has 5 nitrogen and oxygen atoms in total. The smallest absolute Gasteiger partial charge is 0.369 e. The SMILES string of the molecule is CN(C)C(=O)c1ccc(NCCCC(F)(F)F)nn1. The molecule has 1 amide bonds. The summed E-state index contributed by atoms with van der Waals surface area (Å²) in [5.74, 6) is 0.0635. The van der Waals surface area contributed by atoms with Crippen molar-refractivity contribution >= 4 is 11.7 Å². The van der Waals surface area contributed by atoms with Gasteiger partial charge in [0.05, 0.1) is 0 Å². The van der Waals surface area contributed by atoms with Gasteiger partial charge >= 0.3 is 6.18 Å². The Morgan fingerprint density at radius 2 is 2.00 bits per heavy atom. The Kier molecular flexibility index (Phi) is 5.08. The largest absolute Gasteiger partial charge is 0.389 e. The van der Waals surface area contributed by atoms with Gasteiger partial charge in [-0.15, -0.1) is 10.2 Å². The van der Waals surface area contributed by atoms with E-state index in [0.29, 0.717) is 5.82 Å². The summed E-state index contributed by atoms with van der Waals surface area (Å²) in [6, 6.07) is 2.98. The van der Waals surface area contributed by atoms with Crippen molar-refractivity contribution in [3.8, 4) is 0 Å². The summed E-state index contributed by atoms with van der Waals surface area (Å²) in [4.78, 5) is 12.9. The van der Waals surface area contributed by atoms with E-state index < -0.39 is 12.6 Å². The number of hydrogen-bond acceptors (Lipinski definition) is 4. The number of nitrogens with zero attached hydrogens (tertiary/aromatic N) is 3. The van der Waals surface area contributed by atoms with Gasteiger partial charge in [0.2, 0.25) is 0 Å². The lowest BCUT2D eigenvalue weighted by molar-refractivity contribution is -0.134. The van der Waals surface area contributed by atoms with Crippen LogP contribution in [0, 0.1) is 0 Å². The second-order valence-corrected chi connectivity index (χ2v) is 4.15. The third-order valence-electron chi connectivity index (χ3n) is 2.23. The van der Waals surface area contributed by atoms with E-state index in [4.69, 9.17) is 0 Å². The van der Waals surface area contributed by atoms with Gasteiger partial charge in [-0.2, -0.15) is 13.2 Å². The van der Waals surface area contributed by atoms with E-state index in [2.05, 4.69) is 15.5 Å². The van der Waals surface area contributed by atoms with Gasteiger partial charge in [-0.1, -0.05) is 0 Å². The van der Waals surface area contributed by atoms with Crippen LogP contribution in [0.15, 0.2) is 12.1 Å². The average Bonchev–Trinajstić information content (AvgIpc) is 2.33. The van der Waals surface area contributed by atoms with Gasteiger partial charge in [0.25, 0.3) is 5.91 Å². The molecule has 0 saturated carbocycles. The molecule has 1 rings (SSSR count). The van der Waals surface area contributed by atoms with E-state index in [0.717, 1.165) is 0 Å². The number of anilines is 1. The molecule has 0 aliphatic heterocycles. The molecule has 0 aliphatic carbocycles. The van der Waals surface area contributed by atoms with Gasteiger partial charge in [0.15, 0.2) is 5.69 Å². The minimum absolute atomic E-state index is 0.0381. The molecule has 8 heteroatoms. The van der Waals surface area contributed by atoms with Crippen LogP contribution in [0.5, 0.6) is 0 Å². The lowest BCUT2D eigenvalue weighted by Crippen LogP contribution is -2.23. The first kappa shape index (κ1) is 15.2. The lowest BCUT2D eigenvalue weighted by Gasteiger charge is -2.10. The molecule has 1 aromatic rings. The van der Waals surface area contributed by atoms with Gasteiger partial charge in [-0.3, -0.25) is 4.79 Å². The molecule has 0 saturated heterocycles. The number of carbonyl (C=O) groups excluding carboxylic acids is 1. The zero-order valence-corrected chi connectivity index (χ0v) is 10.7. The molecule has 0 fully saturated rings. The lowest BCUT2D eigenvalue weighted by atomic mass is 10.3. The Hall–Kier alpha value is -1.86. The number of alkyl halides is 3. The van der Waals surface area contributed by atoms with Crippen molar-refractivity contribution in [2.75, 3.05) is 26.0 Å². The highest BCUT2D eigenvalue weighted by Gasteiger charge is 2.25. The quantitative estimate of drug-likeness (QED) is 0.835. The minimum atomic E-state index is -4.14. The fourth-order valence-electron chi connectivity index (χ4n) is 1.28. The molecule has 19 heavy (non-hydrogen) atoms. The molecule has 1 aromatic heterocycles. The summed E-state index contributed by atoms with van der Waals surface area (Å²) in [6.45, 7) is 0.148.